The normalized spacial score (nSPS) is 15.1. The highest BCUT2D eigenvalue weighted by molar-refractivity contribution is 5.94. The van der Waals surface area contributed by atoms with Crippen LogP contribution in [0.5, 0.6) is 17.2 Å². The number of ether oxygens (including phenoxy) is 3. The summed E-state index contributed by atoms with van der Waals surface area (Å²) in [7, 11) is 0. The quantitative estimate of drug-likeness (QED) is 0.695. The number of rotatable bonds is 8. The zero-order chi connectivity index (χ0) is 19.2. The molecule has 1 heterocycles. The second kappa shape index (κ2) is 8.88. The maximum atomic E-state index is 11.4. The van der Waals surface area contributed by atoms with Crippen molar-refractivity contribution in [3.63, 3.8) is 0 Å². The lowest BCUT2D eigenvalue weighted by Gasteiger charge is -2.22. The van der Waals surface area contributed by atoms with Crippen LogP contribution in [0.15, 0.2) is 42.5 Å². The van der Waals surface area contributed by atoms with E-state index in [9.17, 15) is 9.90 Å². The Balaban J connectivity index is 1.48. The van der Waals surface area contributed by atoms with Gasteiger partial charge >= 0.3 is 0 Å². The van der Waals surface area contributed by atoms with Gasteiger partial charge in [0, 0.05) is 18.2 Å². The van der Waals surface area contributed by atoms with E-state index in [0.29, 0.717) is 31.1 Å². The lowest BCUT2D eigenvalue weighted by atomic mass is 10.1. The third kappa shape index (κ3) is 5.21. The molecule has 0 aliphatic carbocycles. The molecule has 6 nitrogen and oxygen atoms in total. The summed E-state index contributed by atoms with van der Waals surface area (Å²) in [4.78, 5) is 11.4. The molecule has 0 amide bonds. The minimum absolute atomic E-state index is 0.0177. The molecule has 6 heteroatoms. The summed E-state index contributed by atoms with van der Waals surface area (Å²) in [5.41, 5.74) is 1.65. The summed E-state index contributed by atoms with van der Waals surface area (Å²) in [6.45, 7) is 5.18. The second-order valence-electron chi connectivity index (χ2n) is 6.58. The second-order valence-corrected chi connectivity index (χ2v) is 6.58. The molecule has 0 fully saturated rings. The Kier molecular flexibility index (Phi) is 6.32. The van der Waals surface area contributed by atoms with Gasteiger partial charge in [-0.05, 0) is 43.7 Å². The highest BCUT2D eigenvalue weighted by atomic mass is 16.6. The molecular formula is C21H25NO5. The Bertz CT molecular complexity index is 792. The molecule has 0 bridgehead atoms. The zero-order valence-corrected chi connectivity index (χ0v) is 15.6. The van der Waals surface area contributed by atoms with Gasteiger partial charge in [0.15, 0.2) is 17.3 Å². The van der Waals surface area contributed by atoms with E-state index in [1.807, 2.05) is 25.1 Å². The predicted octanol–water partition coefficient (Wildman–Crippen LogP) is 2.75. The maximum Gasteiger partial charge on any atom is 0.161 e. The first-order valence-electron chi connectivity index (χ1n) is 9.07. The van der Waals surface area contributed by atoms with Crippen LogP contribution < -0.4 is 19.5 Å². The number of ketones is 1. The number of carbonyl (C=O) groups excluding carboxylic acids is 1. The largest absolute Gasteiger partial charge is 0.491 e. The molecule has 2 N–H and O–H groups in total. The highest BCUT2D eigenvalue weighted by Gasteiger charge is 2.15. The van der Waals surface area contributed by atoms with Crippen molar-refractivity contribution in [2.45, 2.75) is 26.0 Å². The number of hydrogen-bond donors (Lipinski definition) is 2. The van der Waals surface area contributed by atoms with E-state index in [2.05, 4.69) is 5.32 Å². The van der Waals surface area contributed by atoms with E-state index in [4.69, 9.17) is 14.2 Å². The van der Waals surface area contributed by atoms with E-state index in [-0.39, 0.29) is 18.4 Å². The zero-order valence-electron chi connectivity index (χ0n) is 15.6. The first-order valence-corrected chi connectivity index (χ1v) is 9.07. The maximum absolute atomic E-state index is 11.4. The summed E-state index contributed by atoms with van der Waals surface area (Å²) < 4.78 is 16.7. The topological polar surface area (TPSA) is 77.0 Å². The number of hydrogen-bond acceptors (Lipinski definition) is 6. The average Bonchev–Trinajstić information content (AvgIpc) is 2.70. The molecule has 0 unspecified atom stereocenters. The van der Waals surface area contributed by atoms with Crippen LogP contribution in [-0.2, 0) is 0 Å². The molecule has 0 radical (unpaired) electrons. The number of aliphatic hydroxyl groups excluding tert-OH is 1. The van der Waals surface area contributed by atoms with Crippen LogP contribution in [0.25, 0.3) is 0 Å². The van der Waals surface area contributed by atoms with Gasteiger partial charge in [0.25, 0.3) is 0 Å². The van der Waals surface area contributed by atoms with Gasteiger partial charge in [0.1, 0.15) is 31.7 Å². The van der Waals surface area contributed by atoms with E-state index in [0.717, 1.165) is 17.1 Å². The SMILES string of the molecule is CC(=O)c1cccc(OC[C@@H](O)CN[C@H](C)c2ccc3c(c2)OCCO3)c1. The predicted molar refractivity (Wildman–Crippen MR) is 102 cm³/mol. The van der Waals surface area contributed by atoms with Gasteiger partial charge in [-0.1, -0.05) is 18.2 Å². The Hall–Kier alpha value is -2.57. The smallest absolute Gasteiger partial charge is 0.161 e. The van der Waals surface area contributed by atoms with Crippen LogP contribution in [-0.4, -0.2) is 43.4 Å². The first-order chi connectivity index (χ1) is 13.0. The molecule has 0 aromatic heterocycles. The van der Waals surface area contributed by atoms with Crippen molar-refractivity contribution in [2.24, 2.45) is 0 Å². The monoisotopic (exact) mass is 371 g/mol. The number of benzene rings is 2. The van der Waals surface area contributed by atoms with Crippen LogP contribution in [0.2, 0.25) is 0 Å². The fraction of sp³-hybridized carbons (Fsp3) is 0.381. The van der Waals surface area contributed by atoms with Crippen LogP contribution in [0, 0.1) is 0 Å². The van der Waals surface area contributed by atoms with E-state index in [1.165, 1.54) is 6.92 Å². The Labute approximate surface area is 159 Å². The van der Waals surface area contributed by atoms with E-state index in [1.54, 1.807) is 24.3 Å². The average molecular weight is 371 g/mol. The van der Waals surface area contributed by atoms with E-state index < -0.39 is 6.10 Å². The number of nitrogens with one attached hydrogen (secondary N) is 1. The van der Waals surface area contributed by atoms with Gasteiger partial charge in [-0.2, -0.15) is 0 Å². The van der Waals surface area contributed by atoms with Gasteiger partial charge in [-0.3, -0.25) is 4.79 Å². The van der Waals surface area contributed by atoms with Gasteiger partial charge in [0.2, 0.25) is 0 Å². The van der Waals surface area contributed by atoms with Crippen molar-refractivity contribution < 1.29 is 24.1 Å². The molecule has 2 aromatic rings. The molecule has 0 spiro atoms. The number of Topliss-reactive ketones (excluding diaryl/α,β-unsaturated/α-hetero) is 1. The number of fused-ring (bicyclic) bond motifs is 1. The molecule has 3 rings (SSSR count). The van der Waals surface area contributed by atoms with Crippen LogP contribution in [0.1, 0.15) is 35.8 Å². The fourth-order valence-corrected chi connectivity index (χ4v) is 2.82. The summed E-state index contributed by atoms with van der Waals surface area (Å²) in [6, 6.07) is 12.8. The third-order valence-corrected chi connectivity index (χ3v) is 4.41. The Morgan fingerprint density at radius 2 is 1.96 bits per heavy atom. The lowest BCUT2D eigenvalue weighted by molar-refractivity contribution is 0.101. The minimum atomic E-state index is -0.675. The van der Waals surface area contributed by atoms with Crippen LogP contribution >= 0.6 is 0 Å². The van der Waals surface area contributed by atoms with Crippen molar-refractivity contribution in [2.75, 3.05) is 26.4 Å². The number of carbonyl (C=O) groups is 1. The minimum Gasteiger partial charge on any atom is -0.491 e. The van der Waals surface area contributed by atoms with Crippen molar-refractivity contribution in [3.05, 3.63) is 53.6 Å². The molecule has 144 valence electrons. The summed E-state index contributed by atoms with van der Waals surface area (Å²) >= 11 is 0. The number of aliphatic hydroxyl groups is 1. The van der Waals surface area contributed by atoms with Gasteiger partial charge in [-0.15, -0.1) is 0 Å². The molecule has 27 heavy (non-hydrogen) atoms. The summed E-state index contributed by atoms with van der Waals surface area (Å²) in [5, 5.41) is 13.5. The molecule has 0 saturated heterocycles. The fourth-order valence-electron chi connectivity index (χ4n) is 2.82. The van der Waals surface area contributed by atoms with Gasteiger partial charge < -0.3 is 24.6 Å². The van der Waals surface area contributed by atoms with Crippen molar-refractivity contribution in [3.8, 4) is 17.2 Å². The molecular weight excluding hydrogens is 346 g/mol. The third-order valence-electron chi connectivity index (χ3n) is 4.41. The van der Waals surface area contributed by atoms with Crippen molar-refractivity contribution in [1.29, 1.82) is 0 Å². The highest BCUT2D eigenvalue weighted by Crippen LogP contribution is 2.32. The molecule has 2 aromatic carbocycles. The van der Waals surface area contributed by atoms with Crippen molar-refractivity contribution >= 4 is 5.78 Å². The van der Waals surface area contributed by atoms with E-state index >= 15 is 0 Å². The molecule has 1 aliphatic heterocycles. The summed E-state index contributed by atoms with van der Waals surface area (Å²) in [5.74, 6) is 2.07. The van der Waals surface area contributed by atoms with Gasteiger partial charge in [0.05, 0.1) is 0 Å². The van der Waals surface area contributed by atoms with Crippen molar-refractivity contribution in [1.82, 2.24) is 5.32 Å². The molecule has 2 atom stereocenters. The standard InChI is InChI=1S/C21H25NO5/c1-14(16-6-7-20-21(11-16)26-9-8-25-20)22-12-18(24)13-27-19-5-3-4-17(10-19)15(2)23/h3-7,10-11,14,18,22,24H,8-9,12-13H2,1-2H3/t14-,18+/m1/s1. The summed E-state index contributed by atoms with van der Waals surface area (Å²) in [6.07, 6.45) is -0.675. The van der Waals surface area contributed by atoms with Gasteiger partial charge in [-0.25, -0.2) is 0 Å². The molecule has 0 saturated carbocycles. The Morgan fingerprint density at radius 3 is 2.74 bits per heavy atom. The Morgan fingerprint density at radius 1 is 1.19 bits per heavy atom. The van der Waals surface area contributed by atoms with Crippen LogP contribution in [0.4, 0.5) is 0 Å². The first kappa shape index (κ1) is 19.2. The lowest BCUT2D eigenvalue weighted by Crippen LogP contribution is -2.33. The van der Waals surface area contributed by atoms with Crippen LogP contribution in [0.3, 0.4) is 0 Å². The molecule has 1 aliphatic rings.